The highest BCUT2D eigenvalue weighted by Gasteiger charge is 2.44. The van der Waals surface area contributed by atoms with Crippen LogP contribution >= 0.6 is 11.3 Å². The Balaban J connectivity index is 0.927. The number of nitrogens with zero attached hydrogens (tertiary/aromatic N) is 4. The van der Waals surface area contributed by atoms with Crippen molar-refractivity contribution in [1.82, 2.24) is 25.4 Å². The van der Waals surface area contributed by atoms with E-state index in [9.17, 15) is 24.3 Å². The van der Waals surface area contributed by atoms with Gasteiger partial charge in [-0.1, -0.05) is 45.0 Å². The van der Waals surface area contributed by atoms with Crippen molar-refractivity contribution in [3.63, 3.8) is 0 Å². The first-order chi connectivity index (χ1) is 27.4. The molecule has 4 amide bonds. The fourth-order valence-electron chi connectivity index (χ4n) is 7.33. The third-order valence-electron chi connectivity index (χ3n) is 10.6. The van der Waals surface area contributed by atoms with Crippen LogP contribution in [0.15, 0.2) is 54.0 Å². The number of thiazole rings is 1. The maximum Gasteiger partial charge on any atom is 0.410 e. The normalized spacial score (nSPS) is 21.6. The second-order valence-corrected chi connectivity index (χ2v) is 18.4. The number of β-amino-alcohol motifs (C(OH)–C–C–N with tert-alkyl or cyclic N) is 1. The number of benzene rings is 2. The van der Waals surface area contributed by atoms with E-state index in [1.807, 2.05) is 103 Å². The van der Waals surface area contributed by atoms with Crippen molar-refractivity contribution in [3.05, 3.63) is 65.3 Å². The second kappa shape index (κ2) is 18.0. The smallest absolute Gasteiger partial charge is 0.410 e. The van der Waals surface area contributed by atoms with Crippen LogP contribution in [-0.4, -0.2) is 119 Å². The molecule has 1 saturated carbocycles. The van der Waals surface area contributed by atoms with Crippen LogP contribution in [0.5, 0.6) is 5.75 Å². The number of aryl methyl sites for hydroxylation is 1. The third-order valence-corrected chi connectivity index (χ3v) is 11.6. The molecule has 58 heavy (non-hydrogen) atoms. The number of piperazine rings is 1. The Bertz CT molecular complexity index is 1890. The highest BCUT2D eigenvalue weighted by molar-refractivity contribution is 7.13. The number of carbonyl (C=O) groups excluding carboxylic acids is 4. The molecule has 14 nitrogen and oxygen atoms in total. The molecule has 2 aliphatic heterocycles. The quantitative estimate of drug-likeness (QED) is 0.229. The lowest BCUT2D eigenvalue weighted by molar-refractivity contribution is -0.146. The highest BCUT2D eigenvalue weighted by atomic mass is 32.1. The van der Waals surface area contributed by atoms with Gasteiger partial charge in [-0.05, 0) is 68.5 Å². The minimum absolute atomic E-state index is 0.00218. The number of carbonyl (C=O) groups is 4. The van der Waals surface area contributed by atoms with E-state index in [2.05, 4.69) is 20.5 Å². The van der Waals surface area contributed by atoms with Gasteiger partial charge in [0.05, 0.1) is 28.3 Å². The van der Waals surface area contributed by atoms with Crippen LogP contribution in [0.4, 0.5) is 10.5 Å². The van der Waals surface area contributed by atoms with E-state index in [0.29, 0.717) is 39.0 Å². The molecule has 0 bridgehead atoms. The molecule has 15 heteroatoms. The van der Waals surface area contributed by atoms with Crippen LogP contribution in [0.1, 0.15) is 72.1 Å². The third kappa shape index (κ3) is 11.1. The zero-order valence-corrected chi connectivity index (χ0v) is 35.5. The van der Waals surface area contributed by atoms with E-state index >= 15 is 0 Å². The lowest BCUT2D eigenvalue weighted by Gasteiger charge is -2.37. The van der Waals surface area contributed by atoms with Crippen LogP contribution in [0, 0.1) is 12.3 Å². The Morgan fingerprint density at radius 2 is 1.59 bits per heavy atom. The Morgan fingerprint density at radius 3 is 2.19 bits per heavy atom. The molecule has 0 unspecified atom stereocenters. The molecular formula is C43H58N6O8S. The Hall–Kier alpha value is -4.73. The Morgan fingerprint density at radius 1 is 0.914 bits per heavy atom. The molecule has 3 atom stereocenters. The van der Waals surface area contributed by atoms with E-state index in [-0.39, 0.29) is 50.3 Å². The average molecular weight is 819 g/mol. The maximum atomic E-state index is 14.0. The van der Waals surface area contributed by atoms with Gasteiger partial charge in [0.2, 0.25) is 17.7 Å². The van der Waals surface area contributed by atoms with Gasteiger partial charge >= 0.3 is 6.09 Å². The number of aromatic nitrogens is 1. The molecule has 3 heterocycles. The van der Waals surface area contributed by atoms with Crippen molar-refractivity contribution in [2.75, 3.05) is 44.2 Å². The zero-order chi connectivity index (χ0) is 41.8. The number of nitrogens with one attached hydrogen (secondary N) is 2. The van der Waals surface area contributed by atoms with Crippen molar-refractivity contribution in [2.24, 2.45) is 5.41 Å². The summed E-state index contributed by atoms with van der Waals surface area (Å²) < 4.78 is 17.6. The second-order valence-electron chi connectivity index (χ2n) is 17.5. The zero-order valence-electron chi connectivity index (χ0n) is 34.7. The van der Waals surface area contributed by atoms with Crippen LogP contribution in [0.2, 0.25) is 0 Å². The van der Waals surface area contributed by atoms with E-state index in [1.54, 1.807) is 16.2 Å². The molecule has 6 rings (SSSR count). The van der Waals surface area contributed by atoms with Crippen molar-refractivity contribution < 1.29 is 38.5 Å². The summed E-state index contributed by atoms with van der Waals surface area (Å²) in [6, 6.07) is 14.0. The van der Waals surface area contributed by atoms with E-state index in [0.717, 1.165) is 33.1 Å². The minimum atomic E-state index is -0.943. The van der Waals surface area contributed by atoms with E-state index < -0.39 is 41.0 Å². The number of amides is 4. The van der Waals surface area contributed by atoms with Crippen molar-refractivity contribution in [1.29, 1.82) is 0 Å². The van der Waals surface area contributed by atoms with Crippen molar-refractivity contribution >= 4 is 40.8 Å². The summed E-state index contributed by atoms with van der Waals surface area (Å²) in [6.45, 7) is 15.8. The largest absolute Gasteiger partial charge is 0.490 e. The van der Waals surface area contributed by atoms with Crippen LogP contribution in [0.3, 0.4) is 0 Å². The summed E-state index contributed by atoms with van der Waals surface area (Å²) in [4.78, 5) is 63.8. The first-order valence-electron chi connectivity index (χ1n) is 20.1. The molecule has 1 aromatic heterocycles. The number of anilines is 1. The number of likely N-dealkylation sites (tertiary alicyclic amines) is 1. The molecule has 314 valence electrons. The van der Waals surface area contributed by atoms with Gasteiger partial charge in [0.25, 0.3) is 0 Å². The summed E-state index contributed by atoms with van der Waals surface area (Å²) >= 11 is 1.58. The van der Waals surface area contributed by atoms with Crippen LogP contribution in [-0.2, 0) is 30.4 Å². The van der Waals surface area contributed by atoms with Crippen LogP contribution in [0.25, 0.3) is 10.4 Å². The number of ether oxygens (including phenoxy) is 3. The summed E-state index contributed by atoms with van der Waals surface area (Å²) in [7, 11) is 0. The molecule has 2 saturated heterocycles. The molecule has 2 aromatic carbocycles. The number of hydrogen-bond donors (Lipinski definition) is 3. The van der Waals surface area contributed by atoms with Gasteiger partial charge in [-0.3, -0.25) is 14.4 Å². The lowest BCUT2D eigenvalue weighted by Crippen LogP contribution is -2.58. The van der Waals surface area contributed by atoms with Gasteiger partial charge in [0.15, 0.2) is 0 Å². The minimum Gasteiger partial charge on any atom is -0.490 e. The highest BCUT2D eigenvalue weighted by Crippen LogP contribution is 2.31. The summed E-state index contributed by atoms with van der Waals surface area (Å²) in [6.07, 6.45) is 0.0205. The summed E-state index contributed by atoms with van der Waals surface area (Å²) in [5.41, 5.74) is 4.60. The molecule has 3 N–H and O–H groups in total. The predicted molar refractivity (Wildman–Crippen MR) is 221 cm³/mol. The fraction of sp³-hybridized carbons (Fsp3) is 0.558. The van der Waals surface area contributed by atoms with Crippen molar-refractivity contribution in [2.45, 2.75) is 110 Å². The Labute approximate surface area is 345 Å². The number of aliphatic hydroxyl groups is 1. The predicted octanol–water partition coefficient (Wildman–Crippen LogP) is 4.91. The monoisotopic (exact) mass is 818 g/mol. The SMILES string of the molecule is Cc1ncsc1-c1ccc(CNC(=O)[C@@H]2C[C@@H](O)CN2C(=O)[C@@H](NC(=O)COC2CC(Oc3ccc(N4CCN(C(=O)OC(C)(C)C)CC4)cc3)C2)C(C)(C)C)cc1. The van der Waals surface area contributed by atoms with Gasteiger partial charge in [-0.2, -0.15) is 0 Å². The molecule has 1 aliphatic carbocycles. The first-order valence-corrected chi connectivity index (χ1v) is 21.0. The molecule has 3 aromatic rings. The number of aliphatic hydroxyl groups excluding tert-OH is 1. The van der Waals surface area contributed by atoms with Crippen LogP contribution < -0.4 is 20.3 Å². The molecule has 3 aliphatic rings. The Kier molecular flexibility index (Phi) is 13.3. The lowest BCUT2D eigenvalue weighted by atomic mass is 9.85. The molecule has 0 radical (unpaired) electrons. The van der Waals surface area contributed by atoms with E-state index in [1.165, 1.54) is 4.90 Å². The van der Waals surface area contributed by atoms with Gasteiger partial charge in [-0.25, -0.2) is 9.78 Å². The summed E-state index contributed by atoms with van der Waals surface area (Å²) in [5.74, 6) is -0.465. The average Bonchev–Trinajstić information content (AvgIpc) is 3.78. The number of rotatable bonds is 12. The fourth-order valence-corrected chi connectivity index (χ4v) is 8.14. The van der Waals surface area contributed by atoms with Gasteiger partial charge in [0.1, 0.15) is 36.1 Å². The van der Waals surface area contributed by atoms with Gasteiger partial charge in [-0.15, -0.1) is 11.3 Å². The van der Waals surface area contributed by atoms with E-state index in [4.69, 9.17) is 14.2 Å². The van der Waals surface area contributed by atoms with Gasteiger partial charge in [0, 0.05) is 64.2 Å². The molecule has 0 spiro atoms. The van der Waals surface area contributed by atoms with Gasteiger partial charge < -0.3 is 44.7 Å². The molecular weight excluding hydrogens is 761 g/mol. The standard InChI is InChI=1S/C43H58N6O8S/c1-27-37(58-26-45-27)29-10-8-28(9-11-29)23-44-39(52)35-20-31(50)24-49(35)40(53)38(42(2,3)4)46-36(51)25-55-33-21-34(22-33)56-32-14-12-30(13-15-32)47-16-18-48(19-17-47)41(54)57-43(5,6)7/h8-15,26,31,33-35,38,50H,16-25H2,1-7H3,(H,44,52)(H,46,51)/t31-,33?,34?,35+,38-/m1/s1. The van der Waals surface area contributed by atoms with Crippen molar-refractivity contribution in [3.8, 4) is 16.2 Å². The topological polar surface area (TPSA) is 163 Å². The molecule has 3 fully saturated rings. The first kappa shape index (κ1) is 42.9. The maximum absolute atomic E-state index is 14.0. The summed E-state index contributed by atoms with van der Waals surface area (Å²) in [5, 5.41) is 16.4. The number of hydrogen-bond acceptors (Lipinski definition) is 11.